The minimum absolute atomic E-state index is 0.207. The van der Waals surface area contributed by atoms with Gasteiger partial charge in [-0.3, -0.25) is 9.69 Å². The maximum absolute atomic E-state index is 13.6. The Balaban J connectivity index is 1.69. The summed E-state index contributed by atoms with van der Waals surface area (Å²) in [7, 11) is 1.61. The zero-order valence-electron chi connectivity index (χ0n) is 17.3. The highest BCUT2D eigenvalue weighted by molar-refractivity contribution is 6.34. The fraction of sp³-hybridized carbons (Fsp3) is 0.0370. The van der Waals surface area contributed by atoms with E-state index in [0.717, 1.165) is 21.9 Å². The predicted molar refractivity (Wildman–Crippen MR) is 130 cm³/mol. The van der Waals surface area contributed by atoms with Crippen molar-refractivity contribution in [2.24, 2.45) is 4.99 Å². The number of para-hydroxylation sites is 1. The van der Waals surface area contributed by atoms with Crippen molar-refractivity contribution in [3.05, 3.63) is 113 Å². The molecule has 4 aromatic carbocycles. The number of amidine groups is 1. The standard InChI is InChI=1S/C27H19ClN2O2/c1-32-25-12-5-4-11-23(25)26-29-24(27(31)30(26)21-15-13-20(28)14-16-21)17-19-9-6-8-18-7-2-3-10-22(18)19/h2-17H,1H3/b24-17+. The molecule has 1 aliphatic rings. The topological polar surface area (TPSA) is 41.9 Å². The molecule has 1 heterocycles. The fourth-order valence-electron chi connectivity index (χ4n) is 3.88. The SMILES string of the molecule is COc1ccccc1C1=N/C(=C/c2cccc3ccccc23)C(=O)N1c1ccc(Cl)cc1. The molecular weight excluding hydrogens is 420 g/mol. The van der Waals surface area contributed by atoms with Gasteiger partial charge in [0.2, 0.25) is 0 Å². The minimum Gasteiger partial charge on any atom is -0.496 e. The number of rotatable bonds is 4. The second-order valence-corrected chi connectivity index (χ2v) is 7.79. The van der Waals surface area contributed by atoms with Crippen molar-refractivity contribution in [2.45, 2.75) is 0 Å². The lowest BCUT2D eigenvalue weighted by Crippen LogP contribution is -2.32. The number of hydrogen-bond acceptors (Lipinski definition) is 3. The first kappa shape index (κ1) is 20.0. The Hall–Kier alpha value is -3.89. The molecule has 1 amide bonds. The van der Waals surface area contributed by atoms with Crippen LogP contribution in [-0.4, -0.2) is 18.9 Å². The smallest absolute Gasteiger partial charge is 0.282 e. The lowest BCUT2D eigenvalue weighted by atomic mass is 10.0. The van der Waals surface area contributed by atoms with E-state index in [0.29, 0.717) is 28.0 Å². The molecule has 0 radical (unpaired) electrons. The highest BCUT2D eigenvalue weighted by Crippen LogP contribution is 2.32. The molecule has 5 rings (SSSR count). The van der Waals surface area contributed by atoms with E-state index >= 15 is 0 Å². The van der Waals surface area contributed by atoms with E-state index in [-0.39, 0.29) is 5.91 Å². The zero-order chi connectivity index (χ0) is 22.1. The van der Waals surface area contributed by atoms with Gasteiger partial charge in [0.05, 0.1) is 18.4 Å². The molecule has 0 spiro atoms. The van der Waals surface area contributed by atoms with Gasteiger partial charge in [0.1, 0.15) is 11.4 Å². The Morgan fingerprint density at radius 1 is 0.875 bits per heavy atom. The molecule has 156 valence electrons. The summed E-state index contributed by atoms with van der Waals surface area (Å²) in [5.74, 6) is 0.951. The summed E-state index contributed by atoms with van der Waals surface area (Å²) in [5.41, 5.74) is 2.72. The predicted octanol–water partition coefficient (Wildman–Crippen LogP) is 6.34. The normalized spacial score (nSPS) is 14.8. The van der Waals surface area contributed by atoms with Crippen molar-refractivity contribution in [3.63, 3.8) is 0 Å². The Morgan fingerprint density at radius 2 is 1.59 bits per heavy atom. The number of aliphatic imine (C=N–C) groups is 1. The number of anilines is 1. The molecule has 0 saturated carbocycles. The summed E-state index contributed by atoms with van der Waals surface area (Å²) in [5, 5.41) is 2.77. The number of carbonyl (C=O) groups excluding carboxylic acids is 1. The van der Waals surface area contributed by atoms with Crippen molar-refractivity contribution in [3.8, 4) is 5.75 Å². The van der Waals surface area contributed by atoms with Crippen LogP contribution in [-0.2, 0) is 4.79 Å². The van der Waals surface area contributed by atoms with Gasteiger partial charge in [-0.15, -0.1) is 0 Å². The number of carbonyl (C=O) groups is 1. The van der Waals surface area contributed by atoms with Crippen LogP contribution in [0.4, 0.5) is 5.69 Å². The molecule has 0 fully saturated rings. The molecule has 32 heavy (non-hydrogen) atoms. The highest BCUT2D eigenvalue weighted by atomic mass is 35.5. The van der Waals surface area contributed by atoms with Gasteiger partial charge in [0.15, 0.2) is 5.84 Å². The van der Waals surface area contributed by atoms with Crippen LogP contribution < -0.4 is 9.64 Å². The lowest BCUT2D eigenvalue weighted by Gasteiger charge is -2.20. The molecule has 0 bridgehead atoms. The van der Waals surface area contributed by atoms with Crippen molar-refractivity contribution in [2.75, 3.05) is 12.0 Å². The largest absolute Gasteiger partial charge is 0.496 e. The van der Waals surface area contributed by atoms with E-state index in [1.807, 2.05) is 72.8 Å². The first-order valence-electron chi connectivity index (χ1n) is 10.2. The number of ether oxygens (including phenoxy) is 1. The summed E-state index contributed by atoms with van der Waals surface area (Å²) >= 11 is 6.08. The Labute approximate surface area is 191 Å². The first-order valence-corrected chi connectivity index (χ1v) is 10.5. The molecule has 0 atom stereocenters. The number of hydrogen-bond donors (Lipinski definition) is 0. The van der Waals surface area contributed by atoms with Crippen molar-refractivity contribution in [1.82, 2.24) is 0 Å². The maximum Gasteiger partial charge on any atom is 0.282 e. The van der Waals surface area contributed by atoms with Gasteiger partial charge in [0.25, 0.3) is 5.91 Å². The van der Waals surface area contributed by atoms with E-state index in [1.165, 1.54) is 0 Å². The fourth-order valence-corrected chi connectivity index (χ4v) is 4.01. The van der Waals surface area contributed by atoms with Crippen LogP contribution in [0.5, 0.6) is 5.75 Å². The van der Waals surface area contributed by atoms with Crippen molar-refractivity contribution < 1.29 is 9.53 Å². The van der Waals surface area contributed by atoms with Gasteiger partial charge in [-0.25, -0.2) is 4.99 Å². The minimum atomic E-state index is -0.207. The van der Waals surface area contributed by atoms with Gasteiger partial charge in [0, 0.05) is 5.02 Å². The maximum atomic E-state index is 13.6. The van der Waals surface area contributed by atoms with E-state index in [2.05, 4.69) is 12.1 Å². The van der Waals surface area contributed by atoms with E-state index in [9.17, 15) is 4.79 Å². The van der Waals surface area contributed by atoms with Crippen LogP contribution in [0.2, 0.25) is 5.02 Å². The van der Waals surface area contributed by atoms with E-state index < -0.39 is 0 Å². The number of methoxy groups -OCH3 is 1. The summed E-state index contributed by atoms with van der Waals surface area (Å²) in [6, 6.07) is 28.8. The molecule has 0 unspecified atom stereocenters. The Morgan fingerprint density at radius 3 is 2.41 bits per heavy atom. The summed E-state index contributed by atoms with van der Waals surface area (Å²) in [4.78, 5) is 20.0. The second kappa shape index (κ2) is 8.33. The van der Waals surface area contributed by atoms with Crippen LogP contribution in [0, 0.1) is 0 Å². The zero-order valence-corrected chi connectivity index (χ0v) is 18.1. The van der Waals surface area contributed by atoms with Crippen LogP contribution in [0.1, 0.15) is 11.1 Å². The molecule has 0 N–H and O–H groups in total. The van der Waals surface area contributed by atoms with E-state index in [4.69, 9.17) is 21.3 Å². The number of fused-ring (bicyclic) bond motifs is 1. The lowest BCUT2D eigenvalue weighted by molar-refractivity contribution is -0.113. The summed E-state index contributed by atoms with van der Waals surface area (Å²) < 4.78 is 5.55. The van der Waals surface area contributed by atoms with Crippen molar-refractivity contribution >= 4 is 45.9 Å². The van der Waals surface area contributed by atoms with Gasteiger partial charge in [-0.1, -0.05) is 66.2 Å². The molecule has 0 aromatic heterocycles. The average molecular weight is 439 g/mol. The average Bonchev–Trinajstić information content (AvgIpc) is 3.15. The molecule has 4 aromatic rings. The first-order chi connectivity index (χ1) is 15.7. The number of halogens is 1. The quantitative estimate of drug-likeness (QED) is 0.349. The van der Waals surface area contributed by atoms with Crippen molar-refractivity contribution in [1.29, 1.82) is 0 Å². The van der Waals surface area contributed by atoms with Crippen LogP contribution in [0.3, 0.4) is 0 Å². The molecule has 1 aliphatic heterocycles. The molecule has 5 heteroatoms. The number of nitrogens with zero attached hydrogens (tertiary/aromatic N) is 2. The highest BCUT2D eigenvalue weighted by Gasteiger charge is 2.33. The third-order valence-corrected chi connectivity index (χ3v) is 5.66. The summed E-state index contributed by atoms with van der Waals surface area (Å²) in [6.45, 7) is 0. The number of amides is 1. The van der Waals surface area contributed by atoms with Gasteiger partial charge in [-0.05, 0) is 58.8 Å². The molecule has 0 saturated heterocycles. The van der Waals surface area contributed by atoms with Crippen LogP contribution >= 0.6 is 11.6 Å². The molecule has 0 aliphatic carbocycles. The Bertz CT molecular complexity index is 1390. The Kier molecular flexibility index (Phi) is 5.21. The molecular formula is C27H19ClN2O2. The van der Waals surface area contributed by atoms with Gasteiger partial charge >= 0.3 is 0 Å². The monoisotopic (exact) mass is 438 g/mol. The third-order valence-electron chi connectivity index (χ3n) is 5.41. The molecule has 4 nitrogen and oxygen atoms in total. The third kappa shape index (κ3) is 3.55. The second-order valence-electron chi connectivity index (χ2n) is 7.35. The van der Waals surface area contributed by atoms with Gasteiger partial charge < -0.3 is 4.74 Å². The van der Waals surface area contributed by atoms with Crippen LogP contribution in [0.25, 0.3) is 16.8 Å². The van der Waals surface area contributed by atoms with Crippen LogP contribution in [0.15, 0.2) is 102 Å². The summed E-state index contributed by atoms with van der Waals surface area (Å²) in [6.07, 6.45) is 1.84. The number of benzene rings is 4. The van der Waals surface area contributed by atoms with E-state index in [1.54, 1.807) is 24.1 Å². The van der Waals surface area contributed by atoms with Gasteiger partial charge in [-0.2, -0.15) is 0 Å².